The van der Waals surface area contributed by atoms with Gasteiger partial charge in [-0.2, -0.15) is 0 Å². The molecule has 5 heteroatoms. The maximum Gasteiger partial charge on any atom is 0.335 e. The van der Waals surface area contributed by atoms with Crippen LogP contribution in [0.1, 0.15) is 35.8 Å². The molecule has 1 aliphatic heterocycles. The molecule has 0 aromatic heterocycles. The van der Waals surface area contributed by atoms with Crippen molar-refractivity contribution >= 4 is 11.9 Å². The van der Waals surface area contributed by atoms with Crippen LogP contribution in [-0.4, -0.2) is 33.7 Å². The van der Waals surface area contributed by atoms with Gasteiger partial charge in [-0.1, -0.05) is 48.5 Å². The van der Waals surface area contributed by atoms with E-state index in [1.54, 1.807) is 38.1 Å². The minimum Gasteiger partial charge on any atom is -0.479 e. The standard InChI is InChI=1S/C19H19NO4/c1-19(2)20(17(21)14-11-7-4-8-12-14)15(16(24-19)18(22)23)13-9-5-3-6-10-13/h3-12,15-16H,1-2H3,(H,22,23)/t15-,16-/m1/s1. The first-order valence-corrected chi connectivity index (χ1v) is 7.76. The van der Waals surface area contributed by atoms with Crippen LogP contribution in [0.4, 0.5) is 0 Å². The first-order chi connectivity index (χ1) is 11.4. The third kappa shape index (κ3) is 2.78. The molecule has 1 heterocycles. The van der Waals surface area contributed by atoms with E-state index < -0.39 is 23.8 Å². The average molecular weight is 325 g/mol. The van der Waals surface area contributed by atoms with Gasteiger partial charge < -0.3 is 14.7 Å². The summed E-state index contributed by atoms with van der Waals surface area (Å²) in [7, 11) is 0. The summed E-state index contributed by atoms with van der Waals surface area (Å²) in [6.07, 6.45) is -1.12. The summed E-state index contributed by atoms with van der Waals surface area (Å²) < 4.78 is 5.74. The average Bonchev–Trinajstić information content (AvgIpc) is 2.87. The molecule has 5 nitrogen and oxygen atoms in total. The Bertz CT molecular complexity index is 742. The number of amides is 1. The van der Waals surface area contributed by atoms with Gasteiger partial charge in [-0.25, -0.2) is 4.79 Å². The fourth-order valence-electron chi connectivity index (χ4n) is 3.15. The van der Waals surface area contributed by atoms with Crippen molar-refractivity contribution in [3.8, 4) is 0 Å². The highest BCUT2D eigenvalue weighted by atomic mass is 16.6. The fourth-order valence-corrected chi connectivity index (χ4v) is 3.15. The highest BCUT2D eigenvalue weighted by molar-refractivity contribution is 5.95. The number of ether oxygens (including phenoxy) is 1. The molecule has 0 radical (unpaired) electrons. The molecule has 0 unspecified atom stereocenters. The van der Waals surface area contributed by atoms with Gasteiger partial charge in [0.05, 0.1) is 6.04 Å². The number of aliphatic carboxylic acids is 1. The van der Waals surface area contributed by atoms with Gasteiger partial charge >= 0.3 is 5.97 Å². The van der Waals surface area contributed by atoms with Crippen molar-refractivity contribution < 1.29 is 19.4 Å². The van der Waals surface area contributed by atoms with Crippen molar-refractivity contribution in [1.82, 2.24) is 4.90 Å². The molecule has 1 amide bonds. The molecule has 0 saturated carbocycles. The Morgan fingerprint density at radius 1 is 1.00 bits per heavy atom. The van der Waals surface area contributed by atoms with Crippen LogP contribution >= 0.6 is 0 Å². The number of carboxylic acids is 1. The fraction of sp³-hybridized carbons (Fsp3) is 0.263. The van der Waals surface area contributed by atoms with Gasteiger partial charge in [0.1, 0.15) is 5.72 Å². The summed E-state index contributed by atoms with van der Waals surface area (Å²) in [6, 6.07) is 17.3. The number of hydrogen-bond acceptors (Lipinski definition) is 3. The number of rotatable bonds is 3. The number of nitrogens with zero attached hydrogens (tertiary/aromatic N) is 1. The lowest BCUT2D eigenvalue weighted by molar-refractivity contribution is -0.154. The zero-order valence-corrected chi connectivity index (χ0v) is 13.5. The Balaban J connectivity index is 2.09. The Kier molecular flexibility index (Phi) is 4.11. The molecule has 2 aromatic rings. The molecule has 0 bridgehead atoms. The Morgan fingerprint density at radius 2 is 1.54 bits per heavy atom. The zero-order chi connectivity index (χ0) is 17.3. The summed E-state index contributed by atoms with van der Waals surface area (Å²) in [4.78, 5) is 26.3. The number of carbonyl (C=O) groups is 2. The molecule has 124 valence electrons. The first kappa shape index (κ1) is 16.2. The van der Waals surface area contributed by atoms with Crippen LogP contribution in [-0.2, 0) is 9.53 Å². The van der Waals surface area contributed by atoms with E-state index in [0.29, 0.717) is 5.56 Å². The van der Waals surface area contributed by atoms with E-state index in [4.69, 9.17) is 4.74 Å². The lowest BCUT2D eigenvalue weighted by Crippen LogP contribution is -2.45. The highest BCUT2D eigenvalue weighted by Gasteiger charge is 2.53. The molecule has 2 aromatic carbocycles. The third-order valence-corrected chi connectivity index (χ3v) is 4.18. The second-order valence-electron chi connectivity index (χ2n) is 6.22. The molecular formula is C19H19NO4. The molecule has 1 fully saturated rings. The van der Waals surface area contributed by atoms with Gasteiger partial charge in [0, 0.05) is 5.56 Å². The van der Waals surface area contributed by atoms with Gasteiger partial charge in [-0.3, -0.25) is 4.79 Å². The molecule has 1 aliphatic rings. The predicted octanol–water partition coefficient (Wildman–Crippen LogP) is 3.09. The summed E-state index contributed by atoms with van der Waals surface area (Å²) in [6.45, 7) is 3.43. The summed E-state index contributed by atoms with van der Waals surface area (Å²) in [5.74, 6) is -1.33. The minimum atomic E-state index is -1.12. The van der Waals surface area contributed by atoms with E-state index in [2.05, 4.69) is 0 Å². The Hall–Kier alpha value is -2.66. The van der Waals surface area contributed by atoms with Gasteiger partial charge in [0.25, 0.3) is 5.91 Å². The van der Waals surface area contributed by atoms with E-state index in [1.807, 2.05) is 36.4 Å². The van der Waals surface area contributed by atoms with E-state index in [1.165, 1.54) is 4.90 Å². The summed E-state index contributed by atoms with van der Waals surface area (Å²) in [5, 5.41) is 9.58. The van der Waals surface area contributed by atoms with Gasteiger partial charge in [-0.15, -0.1) is 0 Å². The summed E-state index contributed by atoms with van der Waals surface area (Å²) in [5.41, 5.74) is 0.206. The predicted molar refractivity (Wildman–Crippen MR) is 88.4 cm³/mol. The van der Waals surface area contributed by atoms with E-state index in [0.717, 1.165) is 5.56 Å². The Labute approximate surface area is 140 Å². The number of carbonyl (C=O) groups excluding carboxylic acids is 1. The maximum absolute atomic E-state index is 13.1. The quantitative estimate of drug-likeness (QED) is 0.942. The van der Waals surface area contributed by atoms with E-state index in [-0.39, 0.29) is 5.91 Å². The van der Waals surface area contributed by atoms with Crippen molar-refractivity contribution in [3.63, 3.8) is 0 Å². The molecule has 1 saturated heterocycles. The van der Waals surface area contributed by atoms with Crippen molar-refractivity contribution in [2.75, 3.05) is 0 Å². The van der Waals surface area contributed by atoms with Crippen LogP contribution in [0.15, 0.2) is 60.7 Å². The molecule has 0 spiro atoms. The topological polar surface area (TPSA) is 66.8 Å². The van der Waals surface area contributed by atoms with Gasteiger partial charge in [0.15, 0.2) is 6.10 Å². The van der Waals surface area contributed by atoms with E-state index >= 15 is 0 Å². The molecule has 1 N–H and O–H groups in total. The van der Waals surface area contributed by atoms with Crippen LogP contribution in [0.25, 0.3) is 0 Å². The molecule has 24 heavy (non-hydrogen) atoms. The van der Waals surface area contributed by atoms with Gasteiger partial charge in [-0.05, 0) is 31.5 Å². The largest absolute Gasteiger partial charge is 0.479 e. The number of hydrogen-bond donors (Lipinski definition) is 1. The van der Waals surface area contributed by atoms with Crippen molar-refractivity contribution in [1.29, 1.82) is 0 Å². The lowest BCUT2D eigenvalue weighted by atomic mass is 9.99. The van der Waals surface area contributed by atoms with Crippen LogP contribution in [0.5, 0.6) is 0 Å². The second kappa shape index (κ2) is 6.09. The van der Waals surface area contributed by atoms with Crippen LogP contribution in [0, 0.1) is 0 Å². The van der Waals surface area contributed by atoms with Gasteiger partial charge in [0.2, 0.25) is 0 Å². The molecule has 0 aliphatic carbocycles. The first-order valence-electron chi connectivity index (χ1n) is 7.76. The monoisotopic (exact) mass is 325 g/mol. The third-order valence-electron chi connectivity index (χ3n) is 4.18. The SMILES string of the molecule is CC1(C)O[C@@H](C(=O)O)[C@@H](c2ccccc2)N1C(=O)c1ccccc1. The minimum absolute atomic E-state index is 0.252. The summed E-state index contributed by atoms with van der Waals surface area (Å²) >= 11 is 0. The highest BCUT2D eigenvalue weighted by Crippen LogP contribution is 2.42. The Morgan fingerprint density at radius 3 is 2.08 bits per heavy atom. The van der Waals surface area contributed by atoms with Crippen LogP contribution in [0.3, 0.4) is 0 Å². The lowest BCUT2D eigenvalue weighted by Gasteiger charge is -2.33. The van der Waals surface area contributed by atoms with Crippen LogP contribution in [0.2, 0.25) is 0 Å². The zero-order valence-electron chi connectivity index (χ0n) is 13.5. The smallest absolute Gasteiger partial charge is 0.335 e. The van der Waals surface area contributed by atoms with E-state index in [9.17, 15) is 14.7 Å². The molecule has 3 rings (SSSR count). The van der Waals surface area contributed by atoms with Crippen molar-refractivity contribution in [2.45, 2.75) is 31.7 Å². The molecular weight excluding hydrogens is 306 g/mol. The number of carboxylic acid groups (broad SMARTS) is 1. The molecule has 2 atom stereocenters. The number of benzene rings is 2. The normalized spacial score (nSPS) is 22.3. The van der Waals surface area contributed by atoms with Crippen molar-refractivity contribution in [3.05, 3.63) is 71.8 Å². The maximum atomic E-state index is 13.1. The van der Waals surface area contributed by atoms with Crippen LogP contribution < -0.4 is 0 Å². The second-order valence-corrected chi connectivity index (χ2v) is 6.22. The van der Waals surface area contributed by atoms with Crippen molar-refractivity contribution in [2.24, 2.45) is 0 Å².